The van der Waals surface area contributed by atoms with E-state index in [0.29, 0.717) is 23.8 Å². The van der Waals surface area contributed by atoms with Crippen LogP contribution in [0.4, 0.5) is 5.69 Å². The lowest BCUT2D eigenvalue weighted by molar-refractivity contribution is 0.0946. The lowest BCUT2D eigenvalue weighted by Crippen LogP contribution is -2.24. The Bertz CT molecular complexity index is 931. The minimum absolute atomic E-state index is 0.254. The standard InChI is InChI=1S/C21H20ClN3O2/c1-27-20-9-5-3-7-16(20)14-24-17-10-11-23-19(12-17)21(26)25-13-15-6-2-4-8-18(15)22/h2-12H,13-14H2,1H3,(H,23,24)(H,25,26). The predicted molar refractivity (Wildman–Crippen MR) is 107 cm³/mol. The van der Waals surface area contributed by atoms with Gasteiger partial charge in [0.05, 0.1) is 7.11 Å². The van der Waals surface area contributed by atoms with Crippen molar-refractivity contribution < 1.29 is 9.53 Å². The Kier molecular flexibility index (Phi) is 6.28. The van der Waals surface area contributed by atoms with E-state index in [0.717, 1.165) is 22.6 Å². The fourth-order valence-electron chi connectivity index (χ4n) is 2.62. The maximum atomic E-state index is 12.4. The average molecular weight is 382 g/mol. The molecule has 3 rings (SSSR count). The molecule has 0 atom stereocenters. The second-order valence-corrected chi connectivity index (χ2v) is 6.28. The highest BCUT2D eigenvalue weighted by atomic mass is 35.5. The van der Waals surface area contributed by atoms with Crippen LogP contribution in [0.3, 0.4) is 0 Å². The van der Waals surface area contributed by atoms with Gasteiger partial charge in [-0.15, -0.1) is 0 Å². The molecule has 1 heterocycles. The number of aromatic nitrogens is 1. The number of pyridine rings is 1. The highest BCUT2D eigenvalue weighted by Gasteiger charge is 2.09. The fraction of sp³-hybridized carbons (Fsp3) is 0.143. The summed E-state index contributed by atoms with van der Waals surface area (Å²) >= 11 is 6.12. The Balaban J connectivity index is 1.62. The zero-order valence-electron chi connectivity index (χ0n) is 14.9. The van der Waals surface area contributed by atoms with E-state index in [1.807, 2.05) is 48.5 Å². The maximum Gasteiger partial charge on any atom is 0.270 e. The molecule has 5 nitrogen and oxygen atoms in total. The minimum atomic E-state index is -0.254. The van der Waals surface area contributed by atoms with Crippen LogP contribution in [-0.2, 0) is 13.1 Å². The van der Waals surface area contributed by atoms with Gasteiger partial charge in [0.2, 0.25) is 0 Å². The van der Waals surface area contributed by atoms with Crippen molar-refractivity contribution >= 4 is 23.2 Å². The molecule has 0 spiro atoms. The molecule has 3 aromatic rings. The van der Waals surface area contributed by atoms with Gasteiger partial charge in [0.1, 0.15) is 11.4 Å². The molecule has 27 heavy (non-hydrogen) atoms. The van der Waals surface area contributed by atoms with Crippen molar-refractivity contribution in [2.45, 2.75) is 13.1 Å². The lowest BCUT2D eigenvalue weighted by Gasteiger charge is -2.11. The number of hydrogen-bond acceptors (Lipinski definition) is 4. The number of amides is 1. The van der Waals surface area contributed by atoms with Crippen LogP contribution in [0, 0.1) is 0 Å². The summed E-state index contributed by atoms with van der Waals surface area (Å²) in [4.78, 5) is 16.5. The molecule has 0 radical (unpaired) electrons. The molecule has 1 amide bonds. The quantitative estimate of drug-likeness (QED) is 0.641. The molecular weight excluding hydrogens is 362 g/mol. The molecule has 2 N–H and O–H groups in total. The van der Waals surface area contributed by atoms with Crippen molar-refractivity contribution in [3.63, 3.8) is 0 Å². The number of hydrogen-bond donors (Lipinski definition) is 2. The zero-order chi connectivity index (χ0) is 19.1. The van der Waals surface area contributed by atoms with Crippen molar-refractivity contribution in [2.75, 3.05) is 12.4 Å². The van der Waals surface area contributed by atoms with E-state index < -0.39 is 0 Å². The number of para-hydroxylation sites is 1. The molecular formula is C21H20ClN3O2. The highest BCUT2D eigenvalue weighted by Crippen LogP contribution is 2.19. The topological polar surface area (TPSA) is 63.2 Å². The van der Waals surface area contributed by atoms with Crippen LogP contribution >= 0.6 is 11.6 Å². The molecule has 0 unspecified atom stereocenters. The molecule has 138 valence electrons. The number of nitrogens with zero attached hydrogens (tertiary/aromatic N) is 1. The Hall–Kier alpha value is -3.05. The summed E-state index contributed by atoms with van der Waals surface area (Å²) in [5, 5.41) is 6.76. The first-order valence-electron chi connectivity index (χ1n) is 8.51. The molecule has 2 aromatic carbocycles. The molecule has 0 saturated heterocycles. The summed E-state index contributed by atoms with van der Waals surface area (Å²) in [5.41, 5.74) is 3.03. The highest BCUT2D eigenvalue weighted by molar-refractivity contribution is 6.31. The van der Waals surface area contributed by atoms with Gasteiger partial charge in [0.25, 0.3) is 5.91 Å². The lowest BCUT2D eigenvalue weighted by atomic mass is 10.2. The molecule has 0 aliphatic carbocycles. The Morgan fingerprint density at radius 2 is 1.78 bits per heavy atom. The number of halogens is 1. The van der Waals surface area contributed by atoms with Gasteiger partial charge in [0.15, 0.2) is 0 Å². The van der Waals surface area contributed by atoms with Crippen molar-refractivity contribution in [2.24, 2.45) is 0 Å². The SMILES string of the molecule is COc1ccccc1CNc1ccnc(C(=O)NCc2ccccc2Cl)c1. The summed E-state index contributed by atoms with van der Waals surface area (Å²) < 4.78 is 5.35. The molecule has 1 aromatic heterocycles. The van der Waals surface area contributed by atoms with Crippen molar-refractivity contribution in [1.82, 2.24) is 10.3 Å². The third-order valence-electron chi connectivity index (χ3n) is 4.07. The van der Waals surface area contributed by atoms with Crippen LogP contribution in [-0.4, -0.2) is 18.0 Å². The van der Waals surface area contributed by atoms with Gasteiger partial charge in [-0.05, 0) is 29.8 Å². The van der Waals surface area contributed by atoms with Gasteiger partial charge < -0.3 is 15.4 Å². The summed E-state index contributed by atoms with van der Waals surface area (Å²) in [6, 6.07) is 18.7. The predicted octanol–water partition coefficient (Wildman–Crippen LogP) is 4.29. The summed E-state index contributed by atoms with van der Waals surface area (Å²) in [6.07, 6.45) is 1.61. The molecule has 0 aliphatic heterocycles. The summed E-state index contributed by atoms with van der Waals surface area (Å²) in [5.74, 6) is 0.563. The maximum absolute atomic E-state index is 12.4. The minimum Gasteiger partial charge on any atom is -0.496 e. The summed E-state index contributed by atoms with van der Waals surface area (Å²) in [6.45, 7) is 0.924. The molecule has 0 fully saturated rings. The van der Waals surface area contributed by atoms with Gasteiger partial charge in [-0.1, -0.05) is 48.0 Å². The molecule has 0 saturated carbocycles. The van der Waals surface area contributed by atoms with Crippen molar-refractivity contribution in [3.05, 3.63) is 88.7 Å². The monoisotopic (exact) mass is 381 g/mol. The van der Waals surface area contributed by atoms with E-state index >= 15 is 0 Å². The third kappa shape index (κ3) is 4.99. The van der Waals surface area contributed by atoms with Crippen molar-refractivity contribution in [1.29, 1.82) is 0 Å². The first kappa shape index (κ1) is 18.7. The van der Waals surface area contributed by atoms with E-state index in [9.17, 15) is 4.79 Å². The van der Waals surface area contributed by atoms with Crippen molar-refractivity contribution in [3.8, 4) is 5.75 Å². The zero-order valence-corrected chi connectivity index (χ0v) is 15.7. The number of carbonyl (C=O) groups excluding carboxylic acids is 1. The molecule has 6 heteroatoms. The van der Waals surface area contributed by atoms with Crippen LogP contribution in [0.25, 0.3) is 0 Å². The van der Waals surface area contributed by atoms with Crippen LogP contribution in [0.1, 0.15) is 21.6 Å². The molecule has 0 bridgehead atoms. The fourth-order valence-corrected chi connectivity index (χ4v) is 2.82. The van der Waals surface area contributed by atoms with Gasteiger partial charge in [-0.3, -0.25) is 9.78 Å². The largest absolute Gasteiger partial charge is 0.496 e. The van der Waals surface area contributed by atoms with Crippen LogP contribution < -0.4 is 15.4 Å². The van der Waals surface area contributed by atoms with E-state index in [4.69, 9.17) is 16.3 Å². The Labute approximate surface area is 163 Å². The second kappa shape index (κ2) is 9.05. The van der Waals surface area contributed by atoms with E-state index in [2.05, 4.69) is 15.6 Å². The summed E-state index contributed by atoms with van der Waals surface area (Å²) in [7, 11) is 1.65. The smallest absolute Gasteiger partial charge is 0.270 e. The van der Waals surface area contributed by atoms with Gasteiger partial charge in [0, 0.05) is 35.6 Å². The number of anilines is 1. The Morgan fingerprint density at radius 3 is 2.56 bits per heavy atom. The normalized spacial score (nSPS) is 10.3. The third-order valence-corrected chi connectivity index (χ3v) is 4.43. The number of benzene rings is 2. The van der Waals surface area contributed by atoms with Crippen LogP contribution in [0.15, 0.2) is 66.9 Å². The number of nitrogens with one attached hydrogen (secondary N) is 2. The van der Waals surface area contributed by atoms with Crippen LogP contribution in [0.2, 0.25) is 5.02 Å². The first-order chi connectivity index (χ1) is 13.2. The first-order valence-corrected chi connectivity index (χ1v) is 8.88. The van der Waals surface area contributed by atoms with Gasteiger partial charge >= 0.3 is 0 Å². The average Bonchev–Trinajstić information content (AvgIpc) is 2.72. The van der Waals surface area contributed by atoms with E-state index in [1.54, 1.807) is 25.4 Å². The number of carbonyl (C=O) groups is 1. The molecule has 0 aliphatic rings. The van der Waals surface area contributed by atoms with Crippen LogP contribution in [0.5, 0.6) is 5.75 Å². The van der Waals surface area contributed by atoms with Gasteiger partial charge in [-0.25, -0.2) is 0 Å². The Morgan fingerprint density at radius 1 is 1.04 bits per heavy atom. The number of ether oxygens (including phenoxy) is 1. The van der Waals surface area contributed by atoms with E-state index in [-0.39, 0.29) is 5.91 Å². The number of methoxy groups -OCH3 is 1. The second-order valence-electron chi connectivity index (χ2n) is 5.87. The van der Waals surface area contributed by atoms with E-state index in [1.165, 1.54) is 0 Å². The van der Waals surface area contributed by atoms with Gasteiger partial charge in [-0.2, -0.15) is 0 Å². The number of rotatable bonds is 7.